The van der Waals surface area contributed by atoms with E-state index in [2.05, 4.69) is 268 Å². The molecule has 0 aliphatic heterocycles. The smallest absolute Gasteiger partial charge is 0.164 e. The molecule has 80 heavy (non-hydrogen) atoms. The van der Waals surface area contributed by atoms with Crippen molar-refractivity contribution in [3.63, 3.8) is 0 Å². The number of nitrogens with zero attached hydrogens (tertiary/aromatic N) is 6. The van der Waals surface area contributed by atoms with Crippen molar-refractivity contribution in [1.29, 1.82) is 0 Å². The van der Waals surface area contributed by atoms with Crippen molar-refractivity contribution in [3.05, 3.63) is 267 Å². The van der Waals surface area contributed by atoms with Crippen molar-refractivity contribution in [2.24, 2.45) is 0 Å². The predicted molar refractivity (Wildman–Crippen MR) is 329 cm³/mol. The van der Waals surface area contributed by atoms with Crippen LogP contribution in [0.25, 0.3) is 160 Å². The lowest BCUT2D eigenvalue weighted by Gasteiger charge is -2.16. The molecule has 5 heterocycles. The molecule has 0 N–H and O–H groups in total. The number of benzene rings is 12. The molecule has 0 radical (unpaired) electrons. The fourth-order valence-corrected chi connectivity index (χ4v) is 12.6. The Morgan fingerprint density at radius 1 is 0.237 bits per heavy atom. The van der Waals surface area contributed by atoms with Gasteiger partial charge in [0.25, 0.3) is 0 Å². The van der Waals surface area contributed by atoms with E-state index in [1.807, 2.05) is 12.1 Å². The van der Waals surface area contributed by atoms with Gasteiger partial charge in [-0.15, -0.1) is 0 Å². The minimum atomic E-state index is 0.553. The van der Waals surface area contributed by atoms with Crippen LogP contribution in [0.1, 0.15) is 0 Å². The Labute approximate surface area is 458 Å². The molecule has 0 spiro atoms. The van der Waals surface area contributed by atoms with Gasteiger partial charge in [0.15, 0.2) is 17.5 Å². The van der Waals surface area contributed by atoms with E-state index < -0.39 is 0 Å². The van der Waals surface area contributed by atoms with Crippen molar-refractivity contribution in [1.82, 2.24) is 28.7 Å². The normalized spacial score (nSPS) is 12.0. The molecule has 0 bridgehead atoms. The van der Waals surface area contributed by atoms with Crippen LogP contribution >= 0.6 is 0 Å². The molecule has 0 unspecified atom stereocenters. The highest BCUT2D eigenvalue weighted by Gasteiger charge is 2.23. The molecular formula is C73H44N6O. The van der Waals surface area contributed by atoms with Crippen LogP contribution in [0.5, 0.6) is 0 Å². The minimum Gasteiger partial charge on any atom is -0.456 e. The van der Waals surface area contributed by atoms with Crippen LogP contribution in [-0.4, -0.2) is 28.7 Å². The molecule has 7 heteroatoms. The highest BCUT2D eigenvalue weighted by atomic mass is 16.3. The molecule has 0 amide bonds. The monoisotopic (exact) mass is 1020 g/mol. The molecule has 7 nitrogen and oxygen atoms in total. The van der Waals surface area contributed by atoms with E-state index in [0.717, 1.165) is 111 Å². The van der Waals surface area contributed by atoms with Crippen LogP contribution in [0.3, 0.4) is 0 Å². The summed E-state index contributed by atoms with van der Waals surface area (Å²) in [5, 5.41) is 11.6. The van der Waals surface area contributed by atoms with Gasteiger partial charge in [0.2, 0.25) is 0 Å². The lowest BCUT2D eigenvalue weighted by molar-refractivity contribution is 0.669. The first kappa shape index (κ1) is 44.3. The first-order valence-electron chi connectivity index (χ1n) is 27.1. The van der Waals surface area contributed by atoms with Crippen LogP contribution in [0.15, 0.2) is 271 Å². The van der Waals surface area contributed by atoms with E-state index >= 15 is 0 Å². The summed E-state index contributed by atoms with van der Waals surface area (Å²) in [5.41, 5.74) is 16.0. The van der Waals surface area contributed by atoms with Gasteiger partial charge in [0, 0.05) is 76.8 Å². The molecule has 12 aromatic carbocycles. The Morgan fingerprint density at radius 3 is 1.29 bits per heavy atom. The first-order valence-corrected chi connectivity index (χ1v) is 27.1. The lowest BCUT2D eigenvalue weighted by atomic mass is 9.96. The SMILES string of the molecule is c1ccc(-n2c3ccccc3c3ccc(-c4nc(-c5ccc6c7ccccc7n(-c7ccccc7)c6c5)nc(-c5ccc(-n6c7ccccc7c7cc8ccccc8cc76)cc5-c5ccc6c(c5)oc5ccccc56)n4)cc32)cc1. The second-order valence-electron chi connectivity index (χ2n) is 20.8. The molecular weight excluding hydrogens is 977 g/mol. The topological polar surface area (TPSA) is 66.6 Å². The molecule has 17 rings (SSSR count). The Morgan fingerprint density at radius 2 is 0.675 bits per heavy atom. The van der Waals surface area contributed by atoms with Gasteiger partial charge < -0.3 is 18.1 Å². The van der Waals surface area contributed by atoms with E-state index in [1.165, 1.54) is 32.3 Å². The first-order chi connectivity index (χ1) is 39.6. The molecule has 0 atom stereocenters. The van der Waals surface area contributed by atoms with Gasteiger partial charge in [-0.3, -0.25) is 0 Å². The Balaban J connectivity index is 0.940. The maximum atomic E-state index is 6.62. The maximum absolute atomic E-state index is 6.62. The Kier molecular flexibility index (Phi) is 9.58. The fraction of sp³-hybridized carbons (Fsp3) is 0. The maximum Gasteiger partial charge on any atom is 0.164 e. The summed E-state index contributed by atoms with van der Waals surface area (Å²) in [6, 6.07) is 95.2. The lowest BCUT2D eigenvalue weighted by Crippen LogP contribution is -2.03. The van der Waals surface area contributed by atoms with E-state index in [4.69, 9.17) is 19.4 Å². The van der Waals surface area contributed by atoms with Crippen LogP contribution in [-0.2, 0) is 0 Å². The van der Waals surface area contributed by atoms with Crippen molar-refractivity contribution in [2.75, 3.05) is 0 Å². The number of hydrogen-bond acceptors (Lipinski definition) is 4. The molecule has 17 aromatic rings. The summed E-state index contributed by atoms with van der Waals surface area (Å²) in [4.78, 5) is 16.6. The largest absolute Gasteiger partial charge is 0.456 e. The zero-order valence-electron chi connectivity index (χ0n) is 43.0. The quantitative estimate of drug-likeness (QED) is 0.160. The van der Waals surface area contributed by atoms with Gasteiger partial charge in [-0.1, -0.05) is 164 Å². The predicted octanol–water partition coefficient (Wildman–Crippen LogP) is 18.9. The van der Waals surface area contributed by atoms with Gasteiger partial charge in [-0.2, -0.15) is 0 Å². The number of aromatic nitrogens is 6. The minimum absolute atomic E-state index is 0.553. The number of furan rings is 1. The fourth-order valence-electron chi connectivity index (χ4n) is 12.6. The van der Waals surface area contributed by atoms with Crippen molar-refractivity contribution in [3.8, 4) is 62.4 Å². The number of fused-ring (bicyclic) bond motifs is 13. The van der Waals surface area contributed by atoms with Crippen molar-refractivity contribution >= 4 is 98.1 Å². The van der Waals surface area contributed by atoms with Crippen LogP contribution in [0.4, 0.5) is 0 Å². The van der Waals surface area contributed by atoms with Gasteiger partial charge in [0.1, 0.15) is 11.2 Å². The van der Waals surface area contributed by atoms with Crippen molar-refractivity contribution < 1.29 is 4.42 Å². The van der Waals surface area contributed by atoms with Gasteiger partial charge in [-0.25, -0.2) is 15.0 Å². The van der Waals surface area contributed by atoms with Crippen LogP contribution in [0.2, 0.25) is 0 Å². The molecule has 0 aliphatic rings. The van der Waals surface area contributed by atoms with E-state index in [9.17, 15) is 0 Å². The number of hydrogen-bond donors (Lipinski definition) is 0. The molecule has 0 saturated heterocycles. The third kappa shape index (κ3) is 6.77. The number of rotatable bonds is 7. The van der Waals surface area contributed by atoms with Crippen LogP contribution < -0.4 is 0 Å². The number of para-hydroxylation sites is 6. The summed E-state index contributed by atoms with van der Waals surface area (Å²) in [6.45, 7) is 0. The average Bonchev–Trinajstić information content (AvgIpc) is 4.46. The van der Waals surface area contributed by atoms with Gasteiger partial charge in [0.05, 0.1) is 33.1 Å². The van der Waals surface area contributed by atoms with Gasteiger partial charge >= 0.3 is 0 Å². The van der Waals surface area contributed by atoms with E-state index in [-0.39, 0.29) is 0 Å². The third-order valence-corrected chi connectivity index (χ3v) is 16.3. The standard InChI is InChI=1S/C73H44N6O/c1-3-19-50(20-4-1)77-63-27-13-9-23-53(63)56-35-32-48(41-66(56)77)71-74-72(49-33-36-57-54-24-10-14-28-64(54)78(67(57)42-49)51-21-5-2-6-22-51)76-73(75-71)60-38-34-52(44-61(60)47-31-37-59-58-26-12-16-30-69(58)80-70(59)43-47)79-65-29-15-11-25-55(65)62-39-45-17-7-8-18-46(45)40-68(62)79/h1-44H. The van der Waals surface area contributed by atoms with Crippen molar-refractivity contribution in [2.45, 2.75) is 0 Å². The second-order valence-corrected chi connectivity index (χ2v) is 20.8. The second kappa shape index (κ2) is 17.3. The molecule has 0 fully saturated rings. The summed E-state index contributed by atoms with van der Waals surface area (Å²) < 4.78 is 13.7. The Bertz CT molecular complexity index is 5200. The molecule has 0 aliphatic carbocycles. The third-order valence-electron chi connectivity index (χ3n) is 16.3. The van der Waals surface area contributed by atoms with Gasteiger partial charge in [-0.05, 0) is 125 Å². The van der Waals surface area contributed by atoms with E-state index in [1.54, 1.807) is 0 Å². The summed E-state index contributed by atoms with van der Waals surface area (Å²) in [5.74, 6) is 1.69. The molecule has 5 aromatic heterocycles. The zero-order valence-corrected chi connectivity index (χ0v) is 43.0. The highest BCUT2D eigenvalue weighted by molar-refractivity contribution is 6.15. The molecule has 0 saturated carbocycles. The molecule has 372 valence electrons. The zero-order chi connectivity index (χ0) is 52.4. The summed E-state index contributed by atoms with van der Waals surface area (Å²) >= 11 is 0. The highest BCUT2D eigenvalue weighted by Crippen LogP contribution is 2.43. The van der Waals surface area contributed by atoms with Crippen LogP contribution in [0, 0.1) is 0 Å². The van der Waals surface area contributed by atoms with E-state index in [0.29, 0.717) is 17.5 Å². The Hall–Kier alpha value is -10.9. The summed E-state index contributed by atoms with van der Waals surface area (Å²) in [7, 11) is 0. The summed E-state index contributed by atoms with van der Waals surface area (Å²) in [6.07, 6.45) is 0. The average molecular weight is 1020 g/mol.